The van der Waals surface area contributed by atoms with Crippen molar-refractivity contribution in [2.24, 2.45) is 0 Å². The summed E-state index contributed by atoms with van der Waals surface area (Å²) >= 11 is 0. The molecule has 0 unspecified atom stereocenters. The monoisotopic (exact) mass is 777 g/mol. The van der Waals surface area contributed by atoms with E-state index in [2.05, 4.69) is 22.6 Å². The van der Waals surface area contributed by atoms with E-state index >= 15 is 0 Å². The molecular formula is C24H27F12N7NiOP2. The first-order valence-electron chi connectivity index (χ1n) is 12.4. The molecule has 4 aromatic heterocycles. The van der Waals surface area contributed by atoms with Gasteiger partial charge in [0, 0.05) is 19.3 Å². The van der Waals surface area contributed by atoms with Crippen molar-refractivity contribution in [3.63, 3.8) is 0 Å². The summed E-state index contributed by atoms with van der Waals surface area (Å²) in [5.41, 5.74) is 2.04. The summed E-state index contributed by atoms with van der Waals surface area (Å²) in [6.07, 6.45) is 18.2. The van der Waals surface area contributed by atoms with Crippen molar-refractivity contribution in [3.8, 4) is 6.07 Å². The summed E-state index contributed by atoms with van der Waals surface area (Å²) in [6.45, 7) is 5.69. The van der Waals surface area contributed by atoms with Gasteiger partial charge < -0.3 is 23.0 Å². The molecule has 0 fully saturated rings. The average molecular weight is 778 g/mol. The third-order valence-electron chi connectivity index (χ3n) is 4.44. The number of aromatic nitrogens is 6. The van der Waals surface area contributed by atoms with Gasteiger partial charge in [-0.05, 0) is 49.1 Å². The van der Waals surface area contributed by atoms with Gasteiger partial charge in [-0.3, -0.25) is 9.97 Å². The van der Waals surface area contributed by atoms with Crippen LogP contribution in [0.5, 0.6) is 0 Å². The second-order valence-corrected chi connectivity index (χ2v) is 12.7. The smallest absolute Gasteiger partial charge is 0.373 e. The maximum Gasteiger partial charge on any atom is 2.00 e. The van der Waals surface area contributed by atoms with Crippen molar-refractivity contribution in [1.82, 2.24) is 19.1 Å². The summed E-state index contributed by atoms with van der Waals surface area (Å²) in [5, 5.41) is 7.32. The van der Waals surface area contributed by atoms with Gasteiger partial charge in [0.2, 0.25) is 12.7 Å². The molecule has 0 saturated carbocycles. The van der Waals surface area contributed by atoms with Crippen LogP contribution >= 0.6 is 15.6 Å². The maximum atomic E-state index is 9.87. The minimum Gasteiger partial charge on any atom is -0.373 e. The molecule has 0 atom stereocenters. The van der Waals surface area contributed by atoms with E-state index in [1.54, 1.807) is 6.07 Å². The van der Waals surface area contributed by atoms with Gasteiger partial charge in [0.15, 0.2) is 0 Å². The van der Waals surface area contributed by atoms with Crippen LogP contribution in [-0.2, 0) is 47.4 Å². The van der Waals surface area contributed by atoms with E-state index in [4.69, 9.17) is 10.00 Å². The molecule has 0 aliphatic carbocycles. The van der Waals surface area contributed by atoms with E-state index in [1.807, 2.05) is 91.8 Å². The minimum atomic E-state index is -10.7. The van der Waals surface area contributed by atoms with Crippen LogP contribution in [0.1, 0.15) is 18.3 Å². The first-order valence-corrected chi connectivity index (χ1v) is 16.5. The molecule has 0 aliphatic rings. The van der Waals surface area contributed by atoms with E-state index in [9.17, 15) is 50.4 Å². The largest absolute Gasteiger partial charge is 2.00 e. The Kier molecular flexibility index (Phi) is 14.6. The molecule has 0 bridgehead atoms. The van der Waals surface area contributed by atoms with Gasteiger partial charge in [-0.15, -0.1) is 0 Å². The molecule has 0 aromatic carbocycles. The Hall–Kier alpha value is -3.32. The summed E-state index contributed by atoms with van der Waals surface area (Å²) in [5.74, 6) is 0. The van der Waals surface area contributed by atoms with Gasteiger partial charge in [-0.1, -0.05) is 12.1 Å². The van der Waals surface area contributed by atoms with Gasteiger partial charge >= 0.3 is 82.5 Å². The maximum absolute atomic E-state index is 10.7. The molecule has 4 heterocycles. The van der Waals surface area contributed by atoms with Gasteiger partial charge in [0.05, 0.1) is 43.8 Å². The fourth-order valence-corrected chi connectivity index (χ4v) is 2.97. The van der Waals surface area contributed by atoms with Crippen LogP contribution in [0.25, 0.3) is 0 Å². The van der Waals surface area contributed by atoms with Crippen LogP contribution in [0.4, 0.5) is 50.4 Å². The van der Waals surface area contributed by atoms with Crippen LogP contribution in [0.2, 0.25) is 0 Å². The summed E-state index contributed by atoms with van der Waals surface area (Å²) in [4.78, 5) is 8.68. The zero-order chi connectivity index (χ0) is 35.3. The number of halogens is 12. The zero-order valence-corrected chi connectivity index (χ0v) is 26.7. The van der Waals surface area contributed by atoms with E-state index in [0.717, 1.165) is 37.6 Å². The van der Waals surface area contributed by atoms with Crippen molar-refractivity contribution >= 4 is 15.6 Å². The van der Waals surface area contributed by atoms with Crippen LogP contribution in [-0.4, -0.2) is 32.3 Å². The molecule has 47 heavy (non-hydrogen) atoms. The third kappa shape index (κ3) is 32.4. The molecular weight excluding hydrogens is 751 g/mol. The molecule has 4 rings (SSSR count). The van der Waals surface area contributed by atoms with Crippen molar-refractivity contribution in [2.45, 2.75) is 33.1 Å². The normalized spacial score (nSPS) is 13.9. The Balaban J connectivity index is 0.000000977. The molecule has 8 nitrogen and oxygen atoms in total. The molecule has 4 aromatic rings. The number of hydrogen-bond donors (Lipinski definition) is 0. The average Bonchev–Trinajstić information content (AvgIpc) is 3.51. The van der Waals surface area contributed by atoms with Crippen molar-refractivity contribution in [1.29, 1.82) is 5.26 Å². The fourth-order valence-electron chi connectivity index (χ4n) is 2.97. The number of rotatable bonds is 10. The number of hydrogen-bond acceptors (Lipinski definition) is 4. The predicted octanol–water partition coefficient (Wildman–Crippen LogP) is 8.36. The SMILES string of the molecule is CC#N.F[P-](F)(F)(F)(F)F.F[P-](F)(F)(F)(F)F.[Ni+2].[c-]1n(Cc2ccccn2)cc[n+]1CCOCCn1[c-][n+](Cc2ccccn2)cc1. The first-order chi connectivity index (χ1) is 20.7. The van der Waals surface area contributed by atoms with Crippen LogP contribution in [0.3, 0.4) is 0 Å². The number of imidazole rings is 2. The van der Waals surface area contributed by atoms with Crippen molar-refractivity contribution in [2.75, 3.05) is 13.2 Å². The molecule has 0 saturated heterocycles. The number of nitrogens with zero attached hydrogens (tertiary/aromatic N) is 7. The molecule has 0 spiro atoms. The fraction of sp³-hybridized carbons (Fsp3) is 0.292. The van der Waals surface area contributed by atoms with Crippen molar-refractivity contribution in [3.05, 3.63) is 97.6 Å². The second-order valence-electron chi connectivity index (χ2n) is 8.83. The standard InChI is InChI=1S/C22H24N6O.C2H3N.2F6P.Ni/c1-3-7-23-21(5-1)17-27-11-9-25(19-27)13-15-29-16-14-26-10-12-28(20-26)18-22-6-2-4-8-24-22;1-2-3;2*1-7(2,3,4,5)6;/h1-12H,13-18H2;1H3;;;/q;;2*-1;+2. The number of ether oxygens (including phenoxy) is 1. The number of pyridine rings is 2. The van der Waals surface area contributed by atoms with E-state index in [1.165, 1.54) is 6.92 Å². The van der Waals surface area contributed by atoms with E-state index in [-0.39, 0.29) is 16.5 Å². The van der Waals surface area contributed by atoms with E-state index in [0.29, 0.717) is 13.2 Å². The topological polar surface area (TPSA) is 76.4 Å². The number of nitriles is 1. The van der Waals surface area contributed by atoms with Crippen LogP contribution in [0.15, 0.2) is 73.6 Å². The van der Waals surface area contributed by atoms with Crippen LogP contribution in [0, 0.1) is 24.0 Å². The van der Waals surface area contributed by atoms with Gasteiger partial charge in [-0.2, -0.15) is 5.26 Å². The zero-order valence-electron chi connectivity index (χ0n) is 24.0. The first kappa shape index (κ1) is 43.7. The molecule has 0 radical (unpaired) electrons. The van der Waals surface area contributed by atoms with Crippen molar-refractivity contribution < 1.29 is 80.7 Å². The Morgan fingerprint density at radius 2 is 1.19 bits per heavy atom. The van der Waals surface area contributed by atoms with Gasteiger partial charge in [0.25, 0.3) is 0 Å². The Morgan fingerprint density at radius 3 is 1.68 bits per heavy atom. The molecule has 0 N–H and O–H groups in total. The van der Waals surface area contributed by atoms with Gasteiger partial charge in [0.1, 0.15) is 13.1 Å². The molecule has 0 aliphatic heterocycles. The Morgan fingerprint density at radius 1 is 0.745 bits per heavy atom. The summed E-state index contributed by atoms with van der Waals surface area (Å²) < 4.78 is 132. The Labute approximate surface area is 270 Å². The minimum absolute atomic E-state index is 0. The molecule has 23 heteroatoms. The third-order valence-corrected chi connectivity index (χ3v) is 4.44. The Bertz CT molecular complexity index is 1400. The summed E-state index contributed by atoms with van der Waals surface area (Å²) in [6, 6.07) is 13.6. The predicted molar refractivity (Wildman–Crippen MR) is 143 cm³/mol. The van der Waals surface area contributed by atoms with E-state index < -0.39 is 15.6 Å². The quantitative estimate of drug-likeness (QED) is 0.0405. The summed E-state index contributed by atoms with van der Waals surface area (Å²) in [7, 11) is -21.3. The molecule has 268 valence electrons. The molecule has 0 amide bonds. The van der Waals surface area contributed by atoms with Gasteiger partial charge in [-0.25, -0.2) is 0 Å². The van der Waals surface area contributed by atoms with Crippen LogP contribution < -0.4 is 9.13 Å². The second kappa shape index (κ2) is 15.7.